The zero-order chi connectivity index (χ0) is 9.10. The minimum Gasteiger partial charge on any atom is -0.328 e. The van der Waals surface area contributed by atoms with Gasteiger partial charge in [0.05, 0.1) is 0 Å². The van der Waals surface area contributed by atoms with Crippen molar-refractivity contribution in [1.29, 1.82) is 0 Å². The van der Waals surface area contributed by atoms with Gasteiger partial charge in [-0.2, -0.15) is 11.8 Å². The van der Waals surface area contributed by atoms with Gasteiger partial charge in [-0.1, -0.05) is 0 Å². The Morgan fingerprint density at radius 3 is 2.62 bits per heavy atom. The lowest BCUT2D eigenvalue weighted by molar-refractivity contribution is 0.190. The molecule has 2 fully saturated rings. The van der Waals surface area contributed by atoms with Crippen molar-refractivity contribution in [2.75, 3.05) is 31.1 Å². The Labute approximate surface area is 85.2 Å². The number of hydrogen-bond donors (Lipinski definition) is 1. The van der Waals surface area contributed by atoms with Crippen LogP contribution in [0.1, 0.15) is 19.3 Å². The lowest BCUT2D eigenvalue weighted by Gasteiger charge is -2.31. The normalized spacial score (nSPS) is 32.5. The fraction of sp³-hybridized carbons (Fsp3) is 1.00. The van der Waals surface area contributed by atoms with E-state index in [1.807, 2.05) is 0 Å². The van der Waals surface area contributed by atoms with E-state index in [4.69, 9.17) is 5.73 Å². The molecule has 2 heterocycles. The molecule has 2 rings (SSSR count). The molecule has 2 aliphatic rings. The minimum absolute atomic E-state index is 0.481. The van der Waals surface area contributed by atoms with Gasteiger partial charge in [0.1, 0.15) is 0 Å². The first-order chi connectivity index (χ1) is 6.34. The van der Waals surface area contributed by atoms with Crippen molar-refractivity contribution in [3.63, 3.8) is 0 Å². The molecule has 3 heteroatoms. The first-order valence-corrected chi connectivity index (χ1v) is 6.56. The minimum atomic E-state index is 0.481. The molecule has 0 aromatic rings. The smallest absolute Gasteiger partial charge is 0.00631 e. The third-order valence-corrected chi connectivity index (χ3v) is 4.40. The van der Waals surface area contributed by atoms with Crippen molar-refractivity contribution in [3.8, 4) is 0 Å². The van der Waals surface area contributed by atoms with Crippen LogP contribution < -0.4 is 5.73 Å². The van der Waals surface area contributed by atoms with E-state index in [-0.39, 0.29) is 0 Å². The first kappa shape index (κ1) is 9.81. The van der Waals surface area contributed by atoms with E-state index < -0.39 is 0 Å². The van der Waals surface area contributed by atoms with Crippen LogP contribution in [0.25, 0.3) is 0 Å². The van der Waals surface area contributed by atoms with Crippen LogP contribution in [0.3, 0.4) is 0 Å². The highest BCUT2D eigenvalue weighted by atomic mass is 32.2. The van der Waals surface area contributed by atoms with Crippen molar-refractivity contribution >= 4 is 11.8 Å². The molecule has 2 N–H and O–H groups in total. The fourth-order valence-corrected chi connectivity index (χ4v) is 3.50. The van der Waals surface area contributed by atoms with E-state index in [0.29, 0.717) is 6.04 Å². The molecular formula is C10H20N2S. The molecule has 2 saturated heterocycles. The van der Waals surface area contributed by atoms with Gasteiger partial charge in [0.25, 0.3) is 0 Å². The second kappa shape index (κ2) is 4.67. The molecule has 2 nitrogen and oxygen atoms in total. The highest BCUT2D eigenvalue weighted by Gasteiger charge is 2.21. The number of hydrogen-bond acceptors (Lipinski definition) is 3. The first-order valence-electron chi connectivity index (χ1n) is 5.40. The second-order valence-corrected chi connectivity index (χ2v) is 5.52. The Morgan fingerprint density at radius 2 is 2.00 bits per heavy atom. The van der Waals surface area contributed by atoms with Gasteiger partial charge < -0.3 is 10.6 Å². The Morgan fingerprint density at radius 1 is 1.23 bits per heavy atom. The molecule has 0 spiro atoms. The van der Waals surface area contributed by atoms with Crippen LogP contribution in [0.2, 0.25) is 0 Å². The van der Waals surface area contributed by atoms with Crippen LogP contribution in [-0.2, 0) is 0 Å². The Kier molecular flexibility index (Phi) is 3.52. The van der Waals surface area contributed by atoms with Crippen molar-refractivity contribution in [1.82, 2.24) is 4.90 Å². The van der Waals surface area contributed by atoms with Crippen LogP contribution in [0.5, 0.6) is 0 Å². The van der Waals surface area contributed by atoms with Gasteiger partial charge in [0.2, 0.25) is 0 Å². The van der Waals surface area contributed by atoms with Crippen molar-refractivity contribution < 1.29 is 0 Å². The molecule has 0 amide bonds. The summed E-state index contributed by atoms with van der Waals surface area (Å²) in [6, 6.07) is 0.481. The van der Waals surface area contributed by atoms with Gasteiger partial charge in [-0.05, 0) is 49.8 Å². The maximum atomic E-state index is 5.87. The van der Waals surface area contributed by atoms with Gasteiger partial charge in [-0.15, -0.1) is 0 Å². The number of nitrogens with zero attached hydrogens (tertiary/aromatic N) is 1. The van der Waals surface area contributed by atoms with Crippen LogP contribution >= 0.6 is 11.8 Å². The van der Waals surface area contributed by atoms with E-state index in [1.165, 1.54) is 50.4 Å². The summed E-state index contributed by atoms with van der Waals surface area (Å²) in [6.07, 6.45) is 3.85. The molecule has 0 bridgehead atoms. The van der Waals surface area contributed by atoms with E-state index in [9.17, 15) is 0 Å². The van der Waals surface area contributed by atoms with Gasteiger partial charge >= 0.3 is 0 Å². The van der Waals surface area contributed by atoms with Crippen molar-refractivity contribution in [2.45, 2.75) is 25.3 Å². The highest BCUT2D eigenvalue weighted by Crippen LogP contribution is 2.24. The van der Waals surface area contributed by atoms with Gasteiger partial charge in [-0.3, -0.25) is 0 Å². The molecule has 0 aliphatic carbocycles. The Balaban J connectivity index is 1.69. The van der Waals surface area contributed by atoms with E-state index in [2.05, 4.69) is 16.7 Å². The summed E-state index contributed by atoms with van der Waals surface area (Å²) in [5, 5.41) is 0. The van der Waals surface area contributed by atoms with Crippen molar-refractivity contribution in [2.24, 2.45) is 11.7 Å². The Hall–Kier alpha value is 0.270. The molecule has 1 atom stereocenters. The summed E-state index contributed by atoms with van der Waals surface area (Å²) in [5.74, 6) is 3.75. The summed E-state index contributed by atoms with van der Waals surface area (Å²) in [7, 11) is 0. The summed E-state index contributed by atoms with van der Waals surface area (Å²) in [6.45, 7) is 3.81. The molecule has 1 unspecified atom stereocenters. The molecule has 0 saturated carbocycles. The topological polar surface area (TPSA) is 29.3 Å². The number of rotatable bonds is 2. The SMILES string of the molecule is NC1CCN(CC2CCSC2)CC1. The molecule has 13 heavy (non-hydrogen) atoms. The number of nitrogens with two attached hydrogens (primary N) is 1. The van der Waals surface area contributed by atoms with E-state index in [0.717, 1.165) is 5.92 Å². The summed E-state index contributed by atoms with van der Waals surface area (Å²) < 4.78 is 0. The molecule has 0 aromatic carbocycles. The lowest BCUT2D eigenvalue weighted by atomic mass is 10.0. The summed E-state index contributed by atoms with van der Waals surface area (Å²) in [4.78, 5) is 2.61. The maximum Gasteiger partial charge on any atom is 0.00631 e. The van der Waals surface area contributed by atoms with Gasteiger partial charge in [0, 0.05) is 12.6 Å². The standard InChI is InChI=1S/C10H20N2S/c11-10-1-4-12(5-2-10)7-9-3-6-13-8-9/h9-10H,1-8,11H2. The fourth-order valence-electron chi connectivity index (χ4n) is 2.23. The molecule has 76 valence electrons. The van der Waals surface area contributed by atoms with E-state index in [1.54, 1.807) is 0 Å². The average molecular weight is 200 g/mol. The molecule has 0 aromatic heterocycles. The number of thioether (sulfide) groups is 1. The van der Waals surface area contributed by atoms with Crippen LogP contribution in [0.4, 0.5) is 0 Å². The second-order valence-electron chi connectivity index (χ2n) is 4.37. The summed E-state index contributed by atoms with van der Waals surface area (Å²) >= 11 is 2.12. The molecule has 2 aliphatic heterocycles. The zero-order valence-electron chi connectivity index (χ0n) is 8.24. The summed E-state index contributed by atoms with van der Waals surface area (Å²) in [5.41, 5.74) is 5.87. The highest BCUT2D eigenvalue weighted by molar-refractivity contribution is 7.99. The zero-order valence-corrected chi connectivity index (χ0v) is 9.06. The van der Waals surface area contributed by atoms with Crippen molar-refractivity contribution in [3.05, 3.63) is 0 Å². The number of likely N-dealkylation sites (tertiary alicyclic amines) is 1. The number of piperidine rings is 1. The molecule has 0 radical (unpaired) electrons. The van der Waals surface area contributed by atoms with E-state index >= 15 is 0 Å². The Bertz CT molecular complexity index is 149. The van der Waals surface area contributed by atoms with Crippen LogP contribution in [-0.4, -0.2) is 42.1 Å². The third-order valence-electron chi connectivity index (χ3n) is 3.17. The quantitative estimate of drug-likeness (QED) is 0.725. The largest absolute Gasteiger partial charge is 0.328 e. The van der Waals surface area contributed by atoms with Gasteiger partial charge in [0.15, 0.2) is 0 Å². The van der Waals surface area contributed by atoms with Crippen LogP contribution in [0, 0.1) is 5.92 Å². The molecular weight excluding hydrogens is 180 g/mol. The predicted octanol–water partition coefficient (Wildman–Crippen LogP) is 1.16. The van der Waals surface area contributed by atoms with Gasteiger partial charge in [-0.25, -0.2) is 0 Å². The average Bonchev–Trinajstić information content (AvgIpc) is 2.62. The lowest BCUT2D eigenvalue weighted by Crippen LogP contribution is -2.41. The van der Waals surface area contributed by atoms with Crippen LogP contribution in [0.15, 0.2) is 0 Å². The monoisotopic (exact) mass is 200 g/mol. The predicted molar refractivity (Wildman–Crippen MR) is 59.1 cm³/mol. The third kappa shape index (κ3) is 2.86. The maximum absolute atomic E-state index is 5.87.